The molecule has 304 valence electrons. The molecule has 2 saturated heterocycles. The minimum Gasteiger partial charge on any atom is -0.468 e. The number of H-pyrrole nitrogens is 1. The molecule has 0 amide bonds. The van der Waals surface area contributed by atoms with Gasteiger partial charge in [0.2, 0.25) is 5.60 Å². The number of ether oxygens (including phenoxy) is 4. The fourth-order valence-electron chi connectivity index (χ4n) is 13.1. The number of hydrogen-bond donors (Lipinski definition) is 3. The first kappa shape index (κ1) is 38.1. The van der Waals surface area contributed by atoms with E-state index in [1.54, 1.807) is 7.11 Å². The number of nitrogen functional groups attached to an aromatic ring is 1. The number of rotatable bonds is 6. The Morgan fingerprint density at radius 3 is 2.53 bits per heavy atom. The first-order valence-electron chi connectivity index (χ1n) is 20.2. The minimum absolute atomic E-state index is 0.0354. The number of esters is 3. The Kier molecular flexibility index (Phi) is 8.72. The van der Waals surface area contributed by atoms with Crippen molar-refractivity contribution in [1.29, 1.82) is 0 Å². The molecule has 2 aliphatic carbocycles. The van der Waals surface area contributed by atoms with E-state index in [1.807, 2.05) is 49.2 Å². The highest BCUT2D eigenvalue weighted by molar-refractivity contribution is 5.93. The van der Waals surface area contributed by atoms with Crippen LogP contribution in [0, 0.1) is 22.7 Å². The number of likely N-dealkylation sites (tertiary alicyclic amines) is 1. The Morgan fingerprint density at radius 1 is 1.05 bits per heavy atom. The lowest BCUT2D eigenvalue weighted by molar-refractivity contribution is -0.240. The predicted octanol–water partition coefficient (Wildman–Crippen LogP) is 3.59. The van der Waals surface area contributed by atoms with Crippen LogP contribution in [-0.2, 0) is 45.3 Å². The summed E-state index contributed by atoms with van der Waals surface area (Å²) in [6.07, 6.45) is 10.8. The molecular formula is C44H55N5O8. The zero-order valence-electron chi connectivity index (χ0n) is 34.0. The zero-order valence-corrected chi connectivity index (χ0v) is 34.0. The maximum atomic E-state index is 15.2. The summed E-state index contributed by atoms with van der Waals surface area (Å²) >= 11 is 0. The fraction of sp³-hybridized carbons (Fsp3) is 0.568. The number of nitrogens with zero attached hydrogens (tertiary/aromatic N) is 3. The molecule has 1 saturated carbocycles. The SMILES string of the molecule is CCC1=C[C@H]2CN(C1)Cc1c([nH]c3ccc(N)cc13)[C@@](C(=O)OC)(C1C=C3C(=CC1OC)N(C)[C@H]1[C@@](O)(C(=O)OC)[C@H](OC(C)=O)C4(C)C=CCN5CC[C@]31[C@@H]54)C2. The number of aromatic nitrogens is 1. The molecule has 13 nitrogen and oxygen atoms in total. The quantitative estimate of drug-likeness (QED) is 0.170. The Labute approximate surface area is 333 Å². The van der Waals surface area contributed by atoms with Crippen molar-refractivity contribution in [2.75, 3.05) is 60.3 Å². The van der Waals surface area contributed by atoms with E-state index in [2.05, 4.69) is 39.9 Å². The highest BCUT2D eigenvalue weighted by Crippen LogP contribution is 2.69. The lowest BCUT2D eigenvalue weighted by Gasteiger charge is -2.62. The van der Waals surface area contributed by atoms with Crippen LogP contribution < -0.4 is 5.73 Å². The lowest BCUT2D eigenvalue weighted by Crippen LogP contribution is -2.79. The van der Waals surface area contributed by atoms with Gasteiger partial charge in [0.05, 0.1) is 26.4 Å². The molecule has 1 aromatic heterocycles. The number of allylic oxidation sites excluding steroid dienone is 1. The average Bonchev–Trinajstić information content (AvgIpc) is 3.83. The molecule has 2 aromatic rings. The molecule has 6 heterocycles. The van der Waals surface area contributed by atoms with E-state index >= 15 is 4.79 Å². The number of benzene rings is 1. The van der Waals surface area contributed by atoms with Gasteiger partial charge in [-0.1, -0.05) is 43.7 Å². The van der Waals surface area contributed by atoms with Gasteiger partial charge in [-0.2, -0.15) is 0 Å². The molecule has 4 unspecified atom stereocenters. The monoisotopic (exact) mass is 781 g/mol. The standard InChI is InChI=1S/C44H55N5O8/c1-8-25-16-26-20-43(39(51)55-6,35-29(23-48(21-25)22-26)28-17-27(45)10-11-32(28)46-35)31-18-30-33(19-34(31)54-5)47(4)37-42(30)13-15-49-14-9-12-41(3,36(42)49)38(57-24(2)50)44(37,53)40(52)56-7/h9-12,16-19,26,31,34,36-38,46,53H,8,13-15,20-23,45H2,1-7H3/t26-,31?,34?,36+,37-,38-,41?,42-,43+,44+/m1/s1. The lowest BCUT2D eigenvalue weighted by atomic mass is 9.48. The van der Waals surface area contributed by atoms with Crippen molar-refractivity contribution in [1.82, 2.24) is 19.7 Å². The number of methoxy groups -OCH3 is 3. The highest BCUT2D eigenvalue weighted by atomic mass is 16.6. The van der Waals surface area contributed by atoms with Gasteiger partial charge in [-0.15, -0.1) is 0 Å². The first-order chi connectivity index (χ1) is 27.2. The summed E-state index contributed by atoms with van der Waals surface area (Å²) in [6.45, 7) is 9.05. The van der Waals surface area contributed by atoms with Gasteiger partial charge >= 0.3 is 17.9 Å². The number of aromatic amines is 1. The van der Waals surface area contributed by atoms with Crippen LogP contribution in [0.5, 0.6) is 0 Å². The summed E-state index contributed by atoms with van der Waals surface area (Å²) in [5.74, 6) is -2.37. The molecule has 7 aliphatic rings. The van der Waals surface area contributed by atoms with Crippen LogP contribution in [0.2, 0.25) is 0 Å². The minimum atomic E-state index is -2.27. The number of fused-ring (bicyclic) bond motifs is 6. The van der Waals surface area contributed by atoms with E-state index < -0.39 is 58.0 Å². The van der Waals surface area contributed by atoms with Gasteiger partial charge in [0, 0.05) is 98.0 Å². The third-order valence-corrected chi connectivity index (χ3v) is 14.9. The van der Waals surface area contributed by atoms with E-state index in [-0.39, 0.29) is 17.9 Å². The number of nitrogens with one attached hydrogen (secondary N) is 1. The van der Waals surface area contributed by atoms with Crippen molar-refractivity contribution in [2.24, 2.45) is 22.7 Å². The molecule has 1 spiro atoms. The molecule has 0 radical (unpaired) electrons. The number of carbonyl (C=O) groups is 3. The van der Waals surface area contributed by atoms with Gasteiger partial charge in [0.15, 0.2) is 6.10 Å². The summed E-state index contributed by atoms with van der Waals surface area (Å²) in [6, 6.07) is 4.68. The van der Waals surface area contributed by atoms with Crippen LogP contribution >= 0.6 is 0 Å². The molecular weight excluding hydrogens is 727 g/mol. The fourth-order valence-corrected chi connectivity index (χ4v) is 13.1. The summed E-state index contributed by atoms with van der Waals surface area (Å²) in [5.41, 5.74) is 7.46. The molecule has 5 aliphatic heterocycles. The summed E-state index contributed by atoms with van der Waals surface area (Å²) in [7, 11) is 6.26. The van der Waals surface area contributed by atoms with Crippen molar-refractivity contribution in [3.8, 4) is 0 Å². The first-order valence-corrected chi connectivity index (χ1v) is 20.2. The summed E-state index contributed by atoms with van der Waals surface area (Å²) in [5, 5.41) is 14.2. The molecule has 1 aromatic carbocycles. The van der Waals surface area contributed by atoms with Gasteiger partial charge in [-0.3, -0.25) is 19.4 Å². The second-order valence-electron chi connectivity index (χ2n) is 17.7. The van der Waals surface area contributed by atoms with Gasteiger partial charge < -0.3 is 39.7 Å². The largest absolute Gasteiger partial charge is 0.468 e. The molecule has 13 heteroatoms. The number of nitrogens with two attached hydrogens (primary N) is 1. The normalized spacial score (nSPS) is 39.1. The Hall–Kier alpha value is -4.43. The number of likely N-dealkylation sites (N-methyl/N-ethyl adjacent to an activating group) is 1. The number of aliphatic hydroxyl groups is 1. The molecule has 57 heavy (non-hydrogen) atoms. The number of anilines is 1. The van der Waals surface area contributed by atoms with E-state index in [9.17, 15) is 14.7 Å². The third-order valence-electron chi connectivity index (χ3n) is 14.9. The van der Waals surface area contributed by atoms with Crippen molar-refractivity contribution < 1.29 is 38.4 Å². The van der Waals surface area contributed by atoms with Crippen LogP contribution in [0.15, 0.2) is 65.4 Å². The third kappa shape index (κ3) is 4.91. The van der Waals surface area contributed by atoms with Crippen LogP contribution in [0.1, 0.15) is 51.3 Å². The topological polar surface area (TPSA) is 160 Å². The van der Waals surface area contributed by atoms with E-state index in [0.717, 1.165) is 52.9 Å². The number of carbonyl (C=O) groups excluding carboxylic acids is 3. The van der Waals surface area contributed by atoms with Gasteiger partial charge in [0.25, 0.3) is 0 Å². The van der Waals surface area contributed by atoms with Crippen LogP contribution in [-0.4, -0.2) is 127 Å². The van der Waals surface area contributed by atoms with Crippen LogP contribution in [0.25, 0.3) is 10.9 Å². The van der Waals surface area contributed by atoms with Crippen molar-refractivity contribution in [3.63, 3.8) is 0 Å². The van der Waals surface area contributed by atoms with E-state index in [0.29, 0.717) is 38.2 Å². The van der Waals surface area contributed by atoms with Crippen molar-refractivity contribution >= 4 is 34.5 Å². The maximum absolute atomic E-state index is 15.2. The Morgan fingerprint density at radius 2 is 1.82 bits per heavy atom. The second-order valence-corrected chi connectivity index (χ2v) is 17.7. The molecule has 2 bridgehead atoms. The molecule has 3 fully saturated rings. The van der Waals surface area contributed by atoms with Crippen LogP contribution in [0.3, 0.4) is 0 Å². The smallest absolute Gasteiger partial charge is 0.344 e. The number of hydrogen-bond acceptors (Lipinski definition) is 12. The maximum Gasteiger partial charge on any atom is 0.344 e. The van der Waals surface area contributed by atoms with Crippen LogP contribution in [0.4, 0.5) is 5.69 Å². The Bertz CT molecular complexity index is 2190. The Balaban J connectivity index is 1.33. The summed E-state index contributed by atoms with van der Waals surface area (Å²) in [4.78, 5) is 52.9. The van der Waals surface area contributed by atoms with Crippen molar-refractivity contribution in [3.05, 3.63) is 76.7 Å². The highest BCUT2D eigenvalue weighted by Gasteiger charge is 2.80. The molecule has 11 atom stereocenters. The van der Waals surface area contributed by atoms with E-state index in [4.69, 9.17) is 24.7 Å². The second kappa shape index (κ2) is 13.0. The predicted molar refractivity (Wildman–Crippen MR) is 212 cm³/mol. The summed E-state index contributed by atoms with van der Waals surface area (Å²) < 4.78 is 23.9. The van der Waals surface area contributed by atoms with E-state index in [1.165, 1.54) is 26.7 Å². The van der Waals surface area contributed by atoms with Crippen molar-refractivity contribution in [2.45, 2.75) is 81.9 Å². The zero-order chi connectivity index (χ0) is 40.4. The van der Waals surface area contributed by atoms with Gasteiger partial charge in [-0.05, 0) is 67.1 Å². The molecule has 4 N–H and O–H groups in total. The average molecular weight is 782 g/mol. The van der Waals surface area contributed by atoms with Gasteiger partial charge in [0.1, 0.15) is 5.41 Å². The molecule has 9 rings (SSSR count). The van der Waals surface area contributed by atoms with Gasteiger partial charge in [-0.25, -0.2) is 4.79 Å².